The van der Waals surface area contributed by atoms with Crippen molar-refractivity contribution in [2.24, 2.45) is 17.8 Å². The van der Waals surface area contributed by atoms with Gasteiger partial charge < -0.3 is 36.6 Å². The lowest BCUT2D eigenvalue weighted by atomic mass is 9.77. The van der Waals surface area contributed by atoms with Crippen molar-refractivity contribution in [1.82, 2.24) is 0 Å². The minimum absolute atomic E-state index is 0.191. The lowest BCUT2D eigenvalue weighted by molar-refractivity contribution is -0.127. The lowest BCUT2D eigenvalue weighted by Crippen LogP contribution is -2.27. The summed E-state index contributed by atoms with van der Waals surface area (Å²) < 4.78 is 54.7. The van der Waals surface area contributed by atoms with Crippen molar-refractivity contribution < 1.29 is 45.6 Å². The summed E-state index contributed by atoms with van der Waals surface area (Å²) in [5, 5.41) is 0.191. The highest BCUT2D eigenvalue weighted by Crippen LogP contribution is 2.49. The van der Waals surface area contributed by atoms with Crippen LogP contribution in [0.5, 0.6) is 23.0 Å². The molecule has 3 aromatic rings. The van der Waals surface area contributed by atoms with E-state index in [0.29, 0.717) is 41.8 Å². The summed E-state index contributed by atoms with van der Waals surface area (Å²) in [6, 6.07) is 21.1. The van der Waals surface area contributed by atoms with Crippen LogP contribution in [0.2, 0.25) is 0 Å². The zero-order valence-electron chi connectivity index (χ0n) is 36.8. The van der Waals surface area contributed by atoms with E-state index < -0.39 is 24.2 Å². The molecule has 4 atom stereocenters. The monoisotopic (exact) mass is 944 g/mol. The van der Waals surface area contributed by atoms with Crippen LogP contribution in [0.3, 0.4) is 0 Å². The number of ketones is 1. The van der Waals surface area contributed by atoms with Gasteiger partial charge in [-0.3, -0.25) is 9.00 Å². The molecule has 1 heterocycles. The quantitative estimate of drug-likeness (QED) is 0.0747. The number of fused-ring (bicyclic) bond motifs is 1. The van der Waals surface area contributed by atoms with E-state index in [4.69, 9.17) is 60.2 Å². The standard InChI is InChI=1S/C18H28O3S.C16H20O6P2S3.C10H18O/c1-3-4-5-6-7-8-11-22(19)15(2)12-16-9-10-17-18(13-16)21-14-20-17;1-17-23(25,18-2)21-13-5-9-15(10-6-13)27-16-11-7-14(8-12-16)22-24(26,19-3)20-4;1-7(2)9-5-4-8(3)6-10(9)11/h9-10,13,15H,3-8,11-12,14H2,1-2H3;5-12H,1-4H3;7-9H,4-6H2,1-3H3/t;;8-,9+/m..0/s1. The maximum absolute atomic E-state index is 12.3. The average Bonchev–Trinajstić information content (AvgIpc) is 3.72. The summed E-state index contributed by atoms with van der Waals surface area (Å²) >= 11 is 12.0. The molecule has 1 aliphatic heterocycles. The zero-order valence-corrected chi connectivity index (χ0v) is 41.8. The molecule has 60 heavy (non-hydrogen) atoms. The fourth-order valence-corrected chi connectivity index (χ4v) is 10.4. The fourth-order valence-electron chi connectivity index (χ4n) is 6.48. The predicted octanol–water partition coefficient (Wildman–Crippen LogP) is 12.7. The maximum atomic E-state index is 12.3. The Balaban J connectivity index is 0.000000260. The van der Waals surface area contributed by atoms with Gasteiger partial charge in [0, 0.05) is 96.0 Å². The summed E-state index contributed by atoms with van der Waals surface area (Å²) in [4.78, 5) is 13.5. The van der Waals surface area contributed by atoms with E-state index in [0.717, 1.165) is 52.7 Å². The number of Topliss-reactive ketones (excluding diaryl/α,β-unsaturated/α-hetero) is 1. The molecule has 1 saturated carbocycles. The van der Waals surface area contributed by atoms with Crippen LogP contribution in [0.15, 0.2) is 76.5 Å². The van der Waals surface area contributed by atoms with Crippen LogP contribution in [0.25, 0.3) is 0 Å². The molecule has 0 saturated heterocycles. The van der Waals surface area contributed by atoms with Gasteiger partial charge in [0.1, 0.15) is 17.3 Å². The molecular formula is C44H66O10P2S4. The highest BCUT2D eigenvalue weighted by atomic mass is 32.5. The van der Waals surface area contributed by atoms with E-state index >= 15 is 0 Å². The minimum atomic E-state index is -2.73. The molecule has 0 spiro atoms. The molecule has 0 aromatic heterocycles. The van der Waals surface area contributed by atoms with Crippen molar-refractivity contribution in [2.45, 2.75) is 114 Å². The number of ether oxygens (including phenoxy) is 2. The first-order valence-corrected chi connectivity index (χ1v) is 28.0. The van der Waals surface area contributed by atoms with Crippen LogP contribution in [-0.4, -0.2) is 56.2 Å². The Morgan fingerprint density at radius 2 is 1.27 bits per heavy atom. The van der Waals surface area contributed by atoms with Crippen LogP contribution in [0, 0.1) is 17.8 Å². The van der Waals surface area contributed by atoms with Gasteiger partial charge in [-0.05, 0) is 104 Å². The first-order valence-electron chi connectivity index (χ1n) is 20.7. The SMILES string of the molecule is CC(C)[C@H]1CC[C@H](C)CC1=O.CCCCCCCCS(=O)C(C)Cc1ccc2c(c1)OCO2.COP(=S)(OC)Oc1ccc(Sc2ccc(OP(=S)(OC)OC)cc2)cc1. The molecular weight excluding hydrogens is 879 g/mol. The lowest BCUT2D eigenvalue weighted by Gasteiger charge is -2.27. The number of benzene rings is 3. The number of carbonyl (C=O) groups excluding carboxylic acids is 1. The summed E-state index contributed by atoms with van der Waals surface area (Å²) in [6.45, 7) is 5.64. The largest absolute Gasteiger partial charge is 0.454 e. The first kappa shape index (κ1) is 52.5. The average molecular weight is 945 g/mol. The molecule has 1 fully saturated rings. The number of rotatable bonds is 21. The van der Waals surface area contributed by atoms with E-state index in [1.165, 1.54) is 72.5 Å². The molecule has 0 amide bonds. The second-order valence-electron chi connectivity index (χ2n) is 15.1. The minimum Gasteiger partial charge on any atom is -0.454 e. The number of unbranched alkanes of at least 4 members (excludes halogenated alkanes) is 5. The number of hydrogen-bond donors (Lipinski definition) is 0. The van der Waals surface area contributed by atoms with Gasteiger partial charge in [-0.15, -0.1) is 0 Å². The van der Waals surface area contributed by atoms with Gasteiger partial charge >= 0.3 is 13.4 Å². The van der Waals surface area contributed by atoms with Crippen LogP contribution in [-0.2, 0) is 63.7 Å². The van der Waals surface area contributed by atoms with Crippen LogP contribution < -0.4 is 18.5 Å². The Morgan fingerprint density at radius 1 is 0.750 bits per heavy atom. The topological polar surface area (TPSA) is 108 Å². The Labute approximate surface area is 376 Å². The normalized spacial score (nSPS) is 17.2. The third kappa shape index (κ3) is 18.5. The fraction of sp³-hybridized carbons (Fsp3) is 0.568. The Hall–Kier alpha value is -1.83. The van der Waals surface area contributed by atoms with Crippen molar-refractivity contribution in [3.05, 3.63) is 72.3 Å². The number of hydrogen-bond acceptors (Lipinski definition) is 13. The van der Waals surface area contributed by atoms with Gasteiger partial charge in [0.15, 0.2) is 11.5 Å². The predicted molar refractivity (Wildman–Crippen MR) is 253 cm³/mol. The third-order valence-corrected chi connectivity index (χ3v) is 17.7. The molecule has 1 aliphatic carbocycles. The first-order chi connectivity index (χ1) is 28.7. The van der Waals surface area contributed by atoms with Gasteiger partial charge in [0.25, 0.3) is 0 Å². The molecule has 336 valence electrons. The van der Waals surface area contributed by atoms with Crippen molar-refractivity contribution in [1.29, 1.82) is 0 Å². The second-order valence-corrected chi connectivity index (χ2v) is 24.5. The molecule has 16 heteroatoms. The smallest absolute Gasteiger partial charge is 0.380 e. The van der Waals surface area contributed by atoms with Crippen LogP contribution in [0.1, 0.15) is 98.0 Å². The zero-order chi connectivity index (χ0) is 44.1. The highest BCUT2D eigenvalue weighted by Gasteiger charge is 2.28. The van der Waals surface area contributed by atoms with Gasteiger partial charge in [-0.25, -0.2) is 0 Å². The summed E-state index contributed by atoms with van der Waals surface area (Å²) in [5.74, 6) is 5.70. The summed E-state index contributed by atoms with van der Waals surface area (Å²) in [7, 11) is 5.14. The Bertz CT molecular complexity index is 1760. The van der Waals surface area contributed by atoms with Gasteiger partial charge in [0.05, 0.1) is 0 Å². The highest BCUT2D eigenvalue weighted by molar-refractivity contribution is 8.08. The van der Waals surface area contributed by atoms with Crippen molar-refractivity contribution in [2.75, 3.05) is 41.0 Å². The molecule has 0 bridgehead atoms. The van der Waals surface area contributed by atoms with E-state index in [1.54, 1.807) is 11.8 Å². The molecule has 0 radical (unpaired) electrons. The van der Waals surface area contributed by atoms with Gasteiger partial charge in [-0.1, -0.05) is 84.6 Å². The van der Waals surface area contributed by atoms with Gasteiger partial charge in [0.2, 0.25) is 6.79 Å². The molecule has 2 unspecified atom stereocenters. The molecule has 10 nitrogen and oxygen atoms in total. The second kappa shape index (κ2) is 27.4. The van der Waals surface area contributed by atoms with Crippen molar-refractivity contribution >= 4 is 65.4 Å². The van der Waals surface area contributed by atoms with E-state index in [2.05, 4.69) is 34.6 Å². The van der Waals surface area contributed by atoms with Crippen molar-refractivity contribution in [3.63, 3.8) is 0 Å². The maximum Gasteiger partial charge on any atom is 0.380 e. The van der Waals surface area contributed by atoms with Crippen molar-refractivity contribution in [3.8, 4) is 23.0 Å². The van der Waals surface area contributed by atoms with Crippen LogP contribution >= 0.6 is 25.2 Å². The molecule has 3 aromatic carbocycles. The van der Waals surface area contributed by atoms with E-state index in [-0.39, 0.29) is 5.25 Å². The Morgan fingerprint density at radius 3 is 1.77 bits per heavy atom. The van der Waals surface area contributed by atoms with Gasteiger partial charge in [-0.2, -0.15) is 0 Å². The summed E-state index contributed by atoms with van der Waals surface area (Å²) in [6.07, 6.45) is 11.5. The van der Waals surface area contributed by atoms with Crippen LogP contribution in [0.4, 0.5) is 0 Å². The summed E-state index contributed by atoms with van der Waals surface area (Å²) in [5.41, 5.74) is 1.17. The molecule has 5 rings (SSSR count). The number of carbonyl (C=O) groups is 1. The molecule has 0 N–H and O–H groups in total. The Kier molecular flexibility index (Phi) is 24.0. The van der Waals surface area contributed by atoms with E-state index in [1.807, 2.05) is 66.7 Å². The molecule has 2 aliphatic rings. The third-order valence-electron chi connectivity index (χ3n) is 10.1. The van der Waals surface area contributed by atoms with E-state index in [9.17, 15) is 9.00 Å².